The number of halogens is 1. The van der Waals surface area contributed by atoms with Crippen LogP contribution in [-0.4, -0.2) is 16.8 Å². The molecule has 1 aromatic carbocycles. The molecule has 2 aromatic rings. The lowest BCUT2D eigenvalue weighted by Gasteiger charge is -2.08. The van der Waals surface area contributed by atoms with Crippen LogP contribution in [0, 0.1) is 0 Å². The maximum Gasteiger partial charge on any atom is 0.269 e. The van der Waals surface area contributed by atoms with E-state index in [4.69, 9.17) is 0 Å². The fourth-order valence-electron chi connectivity index (χ4n) is 1.56. The van der Waals surface area contributed by atoms with E-state index in [1.807, 2.05) is 24.3 Å². The topological polar surface area (TPSA) is 71.1 Å². The Hall–Kier alpha value is -2.21. The Labute approximate surface area is 124 Å². The predicted octanol–water partition coefficient (Wildman–Crippen LogP) is 1.85. The van der Waals surface area contributed by atoms with Gasteiger partial charge in [0.2, 0.25) is 5.91 Å². The molecule has 6 heteroatoms. The molecule has 0 aliphatic carbocycles. The van der Waals surface area contributed by atoms with Crippen molar-refractivity contribution in [2.45, 2.75) is 6.42 Å². The van der Waals surface area contributed by atoms with Gasteiger partial charge in [-0.25, -0.2) is 0 Å². The highest BCUT2D eigenvalue weighted by Crippen LogP contribution is 2.15. The summed E-state index contributed by atoms with van der Waals surface area (Å²) in [4.78, 5) is 27.3. The third-order valence-electron chi connectivity index (χ3n) is 2.57. The highest BCUT2D eigenvalue weighted by Gasteiger charge is 2.08. The number of hydrazine groups is 1. The quantitative estimate of drug-likeness (QED) is 0.842. The van der Waals surface area contributed by atoms with Gasteiger partial charge in [0.15, 0.2) is 0 Å². The number of aromatic nitrogens is 1. The highest BCUT2D eigenvalue weighted by molar-refractivity contribution is 9.10. The number of rotatable bonds is 3. The lowest BCUT2D eigenvalue weighted by atomic mass is 10.1. The lowest BCUT2D eigenvalue weighted by Crippen LogP contribution is -2.42. The molecule has 2 rings (SSSR count). The van der Waals surface area contributed by atoms with Crippen LogP contribution in [0.3, 0.4) is 0 Å². The molecule has 0 radical (unpaired) electrons. The van der Waals surface area contributed by atoms with Crippen LogP contribution >= 0.6 is 15.9 Å². The number of nitrogens with one attached hydrogen (secondary N) is 2. The van der Waals surface area contributed by atoms with E-state index in [9.17, 15) is 9.59 Å². The van der Waals surface area contributed by atoms with Crippen LogP contribution < -0.4 is 10.9 Å². The summed E-state index contributed by atoms with van der Waals surface area (Å²) in [6.07, 6.45) is 3.20. The fraction of sp³-hybridized carbons (Fsp3) is 0.0714. The van der Waals surface area contributed by atoms with Crippen LogP contribution in [-0.2, 0) is 11.2 Å². The Bertz CT molecular complexity index is 617. The number of pyridine rings is 1. The van der Waals surface area contributed by atoms with Gasteiger partial charge in [-0.2, -0.15) is 0 Å². The smallest absolute Gasteiger partial charge is 0.269 e. The molecule has 2 N–H and O–H groups in total. The lowest BCUT2D eigenvalue weighted by molar-refractivity contribution is -0.121. The Kier molecular flexibility index (Phi) is 4.84. The molecule has 0 bridgehead atoms. The molecule has 0 unspecified atom stereocenters. The molecule has 1 aromatic heterocycles. The largest absolute Gasteiger partial charge is 0.273 e. The van der Waals surface area contributed by atoms with Gasteiger partial charge < -0.3 is 0 Å². The first-order valence-electron chi connectivity index (χ1n) is 5.89. The summed E-state index contributed by atoms with van der Waals surface area (Å²) in [6, 6.07) is 10.6. The second-order valence-corrected chi connectivity index (χ2v) is 4.86. The van der Waals surface area contributed by atoms with Gasteiger partial charge in [-0.1, -0.05) is 34.1 Å². The molecule has 0 saturated heterocycles. The Balaban J connectivity index is 1.87. The molecule has 0 spiro atoms. The zero-order valence-corrected chi connectivity index (χ0v) is 12.1. The second-order valence-electron chi connectivity index (χ2n) is 4.01. The third kappa shape index (κ3) is 3.89. The SMILES string of the molecule is O=C(Cc1ccccc1Br)NNC(=O)c1ccncc1. The van der Waals surface area contributed by atoms with Crippen LogP contribution in [0.4, 0.5) is 0 Å². The fourth-order valence-corrected chi connectivity index (χ4v) is 1.99. The van der Waals surface area contributed by atoms with E-state index in [1.165, 1.54) is 12.4 Å². The minimum Gasteiger partial charge on any atom is -0.273 e. The number of carbonyl (C=O) groups is 2. The van der Waals surface area contributed by atoms with Crippen molar-refractivity contribution in [1.29, 1.82) is 0 Å². The van der Waals surface area contributed by atoms with Gasteiger partial charge in [0.1, 0.15) is 0 Å². The van der Waals surface area contributed by atoms with Crippen molar-refractivity contribution in [3.05, 3.63) is 64.4 Å². The van der Waals surface area contributed by atoms with E-state index < -0.39 is 0 Å². The van der Waals surface area contributed by atoms with E-state index in [0.717, 1.165) is 10.0 Å². The van der Waals surface area contributed by atoms with E-state index in [-0.39, 0.29) is 18.2 Å². The van der Waals surface area contributed by atoms with E-state index >= 15 is 0 Å². The van der Waals surface area contributed by atoms with Crippen LogP contribution in [0.1, 0.15) is 15.9 Å². The summed E-state index contributed by atoms with van der Waals surface area (Å²) < 4.78 is 0.857. The van der Waals surface area contributed by atoms with E-state index in [1.54, 1.807) is 12.1 Å². The van der Waals surface area contributed by atoms with Gasteiger partial charge in [-0.15, -0.1) is 0 Å². The van der Waals surface area contributed by atoms with Crippen LogP contribution in [0.25, 0.3) is 0 Å². The normalized spacial score (nSPS) is 9.85. The maximum atomic E-state index is 11.7. The average molecular weight is 334 g/mol. The van der Waals surface area contributed by atoms with Crippen molar-refractivity contribution in [1.82, 2.24) is 15.8 Å². The first kappa shape index (κ1) is 14.2. The summed E-state index contributed by atoms with van der Waals surface area (Å²) >= 11 is 3.37. The van der Waals surface area contributed by atoms with Crippen LogP contribution in [0.15, 0.2) is 53.3 Å². The second kappa shape index (κ2) is 6.81. The van der Waals surface area contributed by atoms with Crippen molar-refractivity contribution in [3.63, 3.8) is 0 Å². The number of amides is 2. The van der Waals surface area contributed by atoms with Crippen molar-refractivity contribution in [2.75, 3.05) is 0 Å². The van der Waals surface area contributed by atoms with Gasteiger partial charge in [-0.3, -0.25) is 25.4 Å². The summed E-state index contributed by atoms with van der Waals surface area (Å²) in [7, 11) is 0. The van der Waals surface area contributed by atoms with Gasteiger partial charge >= 0.3 is 0 Å². The summed E-state index contributed by atoms with van der Waals surface area (Å²) in [5.41, 5.74) is 6.02. The summed E-state index contributed by atoms with van der Waals surface area (Å²) in [5.74, 6) is -0.674. The minimum absolute atomic E-state index is 0.179. The zero-order valence-electron chi connectivity index (χ0n) is 10.5. The predicted molar refractivity (Wildman–Crippen MR) is 77.7 cm³/mol. The molecule has 20 heavy (non-hydrogen) atoms. The molecule has 102 valence electrons. The van der Waals surface area contributed by atoms with Crippen molar-refractivity contribution < 1.29 is 9.59 Å². The Morgan fingerprint density at radius 1 is 1.05 bits per heavy atom. The molecular weight excluding hydrogens is 322 g/mol. The molecular formula is C14H12BrN3O2. The number of benzene rings is 1. The van der Waals surface area contributed by atoms with Gasteiger partial charge in [0.25, 0.3) is 5.91 Å². The number of carbonyl (C=O) groups excluding carboxylic acids is 2. The molecule has 0 atom stereocenters. The molecule has 0 saturated carbocycles. The Morgan fingerprint density at radius 2 is 1.75 bits per heavy atom. The van der Waals surface area contributed by atoms with E-state index in [0.29, 0.717) is 5.56 Å². The number of hydrogen-bond acceptors (Lipinski definition) is 3. The molecule has 0 aliphatic rings. The molecule has 1 heterocycles. The van der Waals surface area contributed by atoms with Crippen molar-refractivity contribution in [3.8, 4) is 0 Å². The zero-order chi connectivity index (χ0) is 14.4. The summed E-state index contributed by atoms with van der Waals surface area (Å²) in [5, 5.41) is 0. The summed E-state index contributed by atoms with van der Waals surface area (Å²) in [6.45, 7) is 0. The van der Waals surface area contributed by atoms with Crippen LogP contribution in [0.5, 0.6) is 0 Å². The third-order valence-corrected chi connectivity index (χ3v) is 3.34. The van der Waals surface area contributed by atoms with Crippen molar-refractivity contribution >= 4 is 27.7 Å². The molecule has 0 aliphatic heterocycles. The highest BCUT2D eigenvalue weighted by atomic mass is 79.9. The van der Waals surface area contributed by atoms with Gasteiger partial charge in [0, 0.05) is 22.4 Å². The minimum atomic E-state index is -0.382. The molecule has 5 nitrogen and oxygen atoms in total. The Morgan fingerprint density at radius 3 is 2.45 bits per heavy atom. The van der Waals surface area contributed by atoms with Crippen molar-refractivity contribution in [2.24, 2.45) is 0 Å². The maximum absolute atomic E-state index is 11.7. The number of hydrogen-bond donors (Lipinski definition) is 2. The molecule has 0 fully saturated rings. The average Bonchev–Trinajstić information content (AvgIpc) is 2.48. The molecule has 2 amide bonds. The monoisotopic (exact) mass is 333 g/mol. The van der Waals surface area contributed by atoms with Crippen LogP contribution in [0.2, 0.25) is 0 Å². The first-order valence-corrected chi connectivity index (χ1v) is 6.69. The number of nitrogens with zero attached hydrogens (tertiary/aromatic N) is 1. The first-order chi connectivity index (χ1) is 9.66. The van der Waals surface area contributed by atoms with Gasteiger partial charge in [-0.05, 0) is 23.8 Å². The van der Waals surface area contributed by atoms with E-state index in [2.05, 4.69) is 31.8 Å². The van der Waals surface area contributed by atoms with Gasteiger partial charge in [0.05, 0.1) is 6.42 Å². The standard InChI is InChI=1S/C14H12BrN3O2/c15-12-4-2-1-3-11(12)9-13(19)17-18-14(20)10-5-7-16-8-6-10/h1-8H,9H2,(H,17,19)(H,18,20).